The number of sulfonamides is 1. The maximum Gasteiger partial charge on any atom is 0.252 e. The van der Waals surface area contributed by atoms with Crippen molar-refractivity contribution in [2.45, 2.75) is 30.5 Å². The van der Waals surface area contributed by atoms with Crippen molar-refractivity contribution in [3.05, 3.63) is 17.0 Å². The minimum absolute atomic E-state index is 0. The number of guanidine groups is 1. The van der Waals surface area contributed by atoms with E-state index in [0.29, 0.717) is 10.8 Å². The predicted octanol–water partition coefficient (Wildman–Crippen LogP) is 2.42. The second kappa shape index (κ2) is 9.35. The highest BCUT2D eigenvalue weighted by Gasteiger charge is 2.21. The number of thiophene rings is 1. The third-order valence-corrected chi connectivity index (χ3v) is 7.46. The lowest BCUT2D eigenvalue weighted by molar-refractivity contribution is 0.273. The molecule has 0 amide bonds. The number of aliphatic imine (C=N–C) groups is 1. The molecule has 138 valence electrons. The standard InChI is InChI=1S/C15H26N4O2S2.HI/c1-12-7-9-19(10-8-12)15(16-2)17-11-13-5-6-14(22-13)23(20,21)18(3)4;/h5-6,12H,7-11H2,1-4H3,(H,16,17);1H. The molecule has 0 aromatic carbocycles. The van der Waals surface area contributed by atoms with Gasteiger partial charge in [0, 0.05) is 39.1 Å². The number of rotatable bonds is 4. The fourth-order valence-corrected chi connectivity index (χ4v) is 4.96. The summed E-state index contributed by atoms with van der Waals surface area (Å²) in [5.41, 5.74) is 0. The second-order valence-corrected chi connectivity index (χ2v) is 9.63. The molecule has 2 heterocycles. The Hall–Kier alpha value is -0.390. The van der Waals surface area contributed by atoms with Gasteiger partial charge in [-0.05, 0) is 30.9 Å². The van der Waals surface area contributed by atoms with Crippen molar-refractivity contribution in [2.75, 3.05) is 34.2 Å². The van der Waals surface area contributed by atoms with Crippen molar-refractivity contribution in [3.63, 3.8) is 0 Å². The van der Waals surface area contributed by atoms with Gasteiger partial charge in [-0.1, -0.05) is 6.92 Å². The van der Waals surface area contributed by atoms with Crippen molar-refractivity contribution in [3.8, 4) is 0 Å². The molecular weight excluding hydrogens is 459 g/mol. The lowest BCUT2D eigenvalue weighted by Crippen LogP contribution is -2.45. The number of piperidine rings is 1. The first-order chi connectivity index (χ1) is 10.8. The van der Waals surface area contributed by atoms with E-state index in [2.05, 4.69) is 22.1 Å². The van der Waals surface area contributed by atoms with Crippen LogP contribution in [0.5, 0.6) is 0 Å². The highest BCUT2D eigenvalue weighted by Crippen LogP contribution is 2.23. The largest absolute Gasteiger partial charge is 0.351 e. The maximum absolute atomic E-state index is 12.1. The average molecular weight is 486 g/mol. The van der Waals surface area contributed by atoms with E-state index in [-0.39, 0.29) is 24.0 Å². The van der Waals surface area contributed by atoms with Crippen LogP contribution in [0.4, 0.5) is 0 Å². The van der Waals surface area contributed by atoms with E-state index in [0.717, 1.165) is 29.8 Å². The van der Waals surface area contributed by atoms with Crippen molar-refractivity contribution >= 4 is 51.3 Å². The zero-order valence-corrected chi connectivity index (χ0v) is 18.6. The summed E-state index contributed by atoms with van der Waals surface area (Å²) < 4.78 is 25.8. The normalized spacial score (nSPS) is 17.0. The Kier molecular flexibility index (Phi) is 8.43. The van der Waals surface area contributed by atoms with Crippen molar-refractivity contribution < 1.29 is 8.42 Å². The second-order valence-electron chi connectivity index (χ2n) is 6.08. The number of likely N-dealkylation sites (tertiary alicyclic amines) is 1. The summed E-state index contributed by atoms with van der Waals surface area (Å²) in [6.45, 7) is 4.91. The maximum atomic E-state index is 12.1. The minimum Gasteiger partial charge on any atom is -0.351 e. The summed E-state index contributed by atoms with van der Waals surface area (Å²) in [6.07, 6.45) is 2.37. The van der Waals surface area contributed by atoms with Gasteiger partial charge >= 0.3 is 0 Å². The molecule has 1 aliphatic rings. The molecule has 0 atom stereocenters. The minimum atomic E-state index is -3.34. The third-order valence-electron chi connectivity index (χ3n) is 4.09. The summed E-state index contributed by atoms with van der Waals surface area (Å²) in [5.74, 6) is 1.67. The van der Waals surface area contributed by atoms with Crippen molar-refractivity contribution in [1.82, 2.24) is 14.5 Å². The van der Waals surface area contributed by atoms with E-state index >= 15 is 0 Å². The SMILES string of the molecule is CN=C(NCc1ccc(S(=O)(=O)N(C)C)s1)N1CCC(C)CC1.I. The monoisotopic (exact) mass is 486 g/mol. The van der Waals surface area contributed by atoms with E-state index < -0.39 is 10.0 Å². The summed E-state index contributed by atoms with van der Waals surface area (Å²) >= 11 is 1.30. The molecule has 1 aliphatic heterocycles. The lowest BCUT2D eigenvalue weighted by atomic mass is 10.00. The molecule has 0 unspecified atom stereocenters. The predicted molar refractivity (Wildman–Crippen MR) is 111 cm³/mol. The number of nitrogens with one attached hydrogen (secondary N) is 1. The van der Waals surface area contributed by atoms with Gasteiger partial charge < -0.3 is 10.2 Å². The summed E-state index contributed by atoms with van der Waals surface area (Å²) in [7, 11) is 1.54. The molecule has 1 saturated heterocycles. The fourth-order valence-electron chi connectivity index (χ4n) is 2.49. The molecule has 0 bridgehead atoms. The van der Waals surface area contributed by atoms with Gasteiger partial charge in [0.1, 0.15) is 4.21 Å². The third kappa shape index (κ3) is 5.30. The molecule has 1 N–H and O–H groups in total. The Morgan fingerprint density at radius 3 is 2.54 bits per heavy atom. The van der Waals surface area contributed by atoms with Crippen molar-refractivity contribution in [2.24, 2.45) is 10.9 Å². The zero-order chi connectivity index (χ0) is 17.0. The highest BCUT2D eigenvalue weighted by atomic mass is 127. The molecule has 1 fully saturated rings. The van der Waals surface area contributed by atoms with E-state index in [4.69, 9.17) is 0 Å². The molecule has 0 saturated carbocycles. The van der Waals surface area contributed by atoms with Crippen LogP contribution in [0, 0.1) is 5.92 Å². The Bertz CT molecular complexity index is 650. The van der Waals surface area contributed by atoms with Gasteiger partial charge in [-0.15, -0.1) is 35.3 Å². The van der Waals surface area contributed by atoms with Crippen LogP contribution in [0.2, 0.25) is 0 Å². The molecule has 1 aromatic heterocycles. The van der Waals surface area contributed by atoms with Gasteiger partial charge in [0.2, 0.25) is 0 Å². The molecule has 2 rings (SSSR count). The van der Waals surface area contributed by atoms with Gasteiger partial charge in [-0.25, -0.2) is 12.7 Å². The van der Waals surface area contributed by atoms with E-state index in [1.165, 1.54) is 28.5 Å². The van der Waals surface area contributed by atoms with Crippen LogP contribution in [0.25, 0.3) is 0 Å². The quantitative estimate of drug-likeness (QED) is 0.404. The van der Waals surface area contributed by atoms with E-state index in [9.17, 15) is 8.42 Å². The van der Waals surface area contributed by atoms with Crippen LogP contribution in [0.15, 0.2) is 21.3 Å². The van der Waals surface area contributed by atoms with E-state index in [1.54, 1.807) is 27.2 Å². The Balaban J connectivity index is 0.00000288. The number of nitrogens with zero attached hydrogens (tertiary/aromatic N) is 3. The first-order valence-electron chi connectivity index (χ1n) is 7.81. The molecular formula is C15H27IN4O2S2. The molecule has 1 aromatic rings. The molecule has 9 heteroatoms. The number of hydrogen-bond donors (Lipinski definition) is 1. The molecule has 24 heavy (non-hydrogen) atoms. The molecule has 0 spiro atoms. The van der Waals surface area contributed by atoms with Crippen LogP contribution in [-0.4, -0.2) is 57.8 Å². The van der Waals surface area contributed by atoms with Crippen molar-refractivity contribution in [1.29, 1.82) is 0 Å². The summed E-state index contributed by atoms with van der Waals surface area (Å²) in [4.78, 5) is 7.60. The molecule has 0 radical (unpaired) electrons. The highest BCUT2D eigenvalue weighted by molar-refractivity contribution is 14.0. The lowest BCUT2D eigenvalue weighted by Gasteiger charge is -2.32. The molecule has 6 nitrogen and oxygen atoms in total. The van der Waals surface area contributed by atoms with Crippen LogP contribution in [0.1, 0.15) is 24.6 Å². The zero-order valence-electron chi connectivity index (χ0n) is 14.7. The summed E-state index contributed by atoms with van der Waals surface area (Å²) in [6, 6.07) is 3.53. The van der Waals surface area contributed by atoms with E-state index in [1.807, 2.05) is 6.07 Å². The number of hydrogen-bond acceptors (Lipinski definition) is 4. The van der Waals surface area contributed by atoms with Crippen LogP contribution in [-0.2, 0) is 16.6 Å². The average Bonchev–Trinajstić information content (AvgIpc) is 2.99. The van der Waals surface area contributed by atoms with Gasteiger partial charge in [0.05, 0.1) is 6.54 Å². The van der Waals surface area contributed by atoms with Crippen LogP contribution >= 0.6 is 35.3 Å². The topological polar surface area (TPSA) is 65.0 Å². The summed E-state index contributed by atoms with van der Waals surface area (Å²) in [5, 5.41) is 3.34. The first-order valence-corrected chi connectivity index (χ1v) is 10.1. The first kappa shape index (κ1) is 21.7. The molecule has 0 aliphatic carbocycles. The Morgan fingerprint density at radius 1 is 1.38 bits per heavy atom. The van der Waals surface area contributed by atoms with Crippen LogP contribution < -0.4 is 5.32 Å². The Labute approximate surface area is 166 Å². The Morgan fingerprint density at radius 2 is 2.00 bits per heavy atom. The van der Waals surface area contributed by atoms with Gasteiger partial charge in [-0.3, -0.25) is 4.99 Å². The van der Waals surface area contributed by atoms with Crippen LogP contribution in [0.3, 0.4) is 0 Å². The smallest absolute Gasteiger partial charge is 0.252 e. The fraction of sp³-hybridized carbons (Fsp3) is 0.667. The number of halogens is 1. The van der Waals surface area contributed by atoms with Gasteiger partial charge in [-0.2, -0.15) is 0 Å². The van der Waals surface area contributed by atoms with Gasteiger partial charge in [0.25, 0.3) is 10.0 Å². The van der Waals surface area contributed by atoms with Gasteiger partial charge in [0.15, 0.2) is 5.96 Å².